The van der Waals surface area contributed by atoms with E-state index in [1.54, 1.807) is 0 Å². The maximum Gasteiger partial charge on any atom is 0.326 e. The number of nitrogens with two attached hydrogens (primary N) is 1. The van der Waals surface area contributed by atoms with Crippen LogP contribution in [0.25, 0.3) is 11.2 Å². The minimum absolute atomic E-state index is 0.0185. The number of fused-ring (bicyclic) bond motifs is 1. The van der Waals surface area contributed by atoms with E-state index in [9.17, 15) is 73.2 Å². The lowest BCUT2D eigenvalue weighted by molar-refractivity contribution is -0.143. The first-order chi connectivity index (χ1) is 31.6. The smallest absolute Gasteiger partial charge is 0.326 e. The summed E-state index contributed by atoms with van der Waals surface area (Å²) in [6.45, 7) is 1.63. The summed E-state index contributed by atoms with van der Waals surface area (Å²) >= 11 is 4.01. The van der Waals surface area contributed by atoms with Crippen molar-refractivity contribution in [3.63, 3.8) is 0 Å². The lowest BCUT2D eigenvalue weighted by Crippen LogP contribution is -2.59. The van der Waals surface area contributed by atoms with E-state index in [1.165, 1.54) is 37.4 Å². The van der Waals surface area contributed by atoms with Crippen LogP contribution in [0, 0.1) is 12.3 Å². The number of terminal acetylenes is 1. The Morgan fingerprint density at radius 2 is 1.27 bits per heavy atom. The third kappa shape index (κ3) is 17.3. The van der Waals surface area contributed by atoms with Crippen molar-refractivity contribution >= 4 is 94.7 Å². The zero-order valence-corrected chi connectivity index (χ0v) is 36.1. The number of hydrogen-bond acceptors (Lipinski definition) is 17. The number of aromatic nitrogens is 4. The summed E-state index contributed by atoms with van der Waals surface area (Å²) in [6, 6.07) is -3.92. The summed E-state index contributed by atoms with van der Waals surface area (Å²) in [5, 5.41) is 54.0. The number of carboxylic acids is 4. The molecular formula is C39H46N12O15S. The largest absolute Gasteiger partial charge is 0.481 e. The van der Waals surface area contributed by atoms with Gasteiger partial charge in [0, 0.05) is 35.9 Å². The minimum atomic E-state index is -1.97. The Bertz CT molecular complexity index is 2480. The van der Waals surface area contributed by atoms with Crippen molar-refractivity contribution in [1.82, 2.24) is 51.8 Å². The summed E-state index contributed by atoms with van der Waals surface area (Å²) in [7, 11) is 0. The SMILES string of the molecule is C#CC[C@H](NC(=O)[C@H](CC(=O)O)NC(=O)CC[C@H](NC(=O)c1ccc(NCc2cnc3nc(N)[nH]c(=O)c3n2)cc1)C(=O)O)C(=O)N[C@@H](CC(=O)O)C(=O)N[C@@H](CC(=O)O)C(=O)N[C@H](C)CS. The Morgan fingerprint density at radius 1 is 0.746 bits per heavy atom. The second kappa shape index (κ2) is 25.2. The van der Waals surface area contributed by atoms with Crippen LogP contribution in [0.5, 0.6) is 0 Å². The first-order valence-corrected chi connectivity index (χ1v) is 20.3. The maximum absolute atomic E-state index is 13.3. The molecule has 0 aliphatic carbocycles. The highest BCUT2D eigenvalue weighted by Crippen LogP contribution is 2.13. The number of nitrogens with one attached hydrogen (secondary N) is 8. The van der Waals surface area contributed by atoms with E-state index >= 15 is 0 Å². The standard InChI is InChI=1S/C39H46N12O15S/c1-3-4-21(33(60)48-25(13-29(57)58)36(63)49-24(12-28(55)56)34(61)43-17(2)16-67)46-35(62)23(11-27(53)54)45-26(52)10-9-22(38(65)66)47-32(59)18-5-7-19(8-6-18)41-14-20-15-42-31-30(44-20)37(64)51-39(40)50-31/h1,5-8,15,17,21-25,41,67H,4,9-14,16H2,2H3,(H,43,61)(H,45,52)(H,46,62)(H,47,59)(H,48,60)(H,49,63)(H,53,54)(H,55,56)(H,57,58)(H,65,66)(H3,40,42,50,51,64)/t17-,21+,22+,23+,24+,25+/m1/s1. The molecule has 6 amide bonds. The van der Waals surface area contributed by atoms with Crippen molar-refractivity contribution in [2.45, 2.75) is 88.2 Å². The number of thiol groups is 1. The molecule has 28 heteroatoms. The number of aliphatic carboxylic acids is 4. The Morgan fingerprint density at radius 3 is 1.79 bits per heavy atom. The van der Waals surface area contributed by atoms with Crippen molar-refractivity contribution in [2.24, 2.45) is 0 Å². The molecule has 2 aromatic heterocycles. The molecule has 67 heavy (non-hydrogen) atoms. The number of nitrogens with zero attached hydrogens (tertiary/aromatic N) is 3. The molecule has 0 aliphatic rings. The van der Waals surface area contributed by atoms with Crippen LogP contribution in [0.2, 0.25) is 0 Å². The summed E-state index contributed by atoms with van der Waals surface area (Å²) in [4.78, 5) is 152. The molecule has 358 valence electrons. The zero-order chi connectivity index (χ0) is 50.0. The van der Waals surface area contributed by atoms with Crippen LogP contribution in [0.4, 0.5) is 11.6 Å². The lowest BCUT2D eigenvalue weighted by atomic mass is 10.1. The number of nitrogen functional groups attached to an aromatic ring is 1. The van der Waals surface area contributed by atoms with E-state index in [0.717, 1.165) is 0 Å². The molecule has 27 nitrogen and oxygen atoms in total. The molecule has 0 unspecified atom stereocenters. The van der Waals surface area contributed by atoms with Gasteiger partial charge >= 0.3 is 23.9 Å². The molecule has 0 aliphatic heterocycles. The Hall–Kier alpha value is -8.35. The maximum atomic E-state index is 13.3. The number of carboxylic acid groups (broad SMARTS) is 4. The fraction of sp³-hybridized carbons (Fsp3) is 0.385. The number of hydrogen-bond donors (Lipinski definition) is 14. The summed E-state index contributed by atoms with van der Waals surface area (Å²) in [5.74, 6) is -11.0. The summed E-state index contributed by atoms with van der Waals surface area (Å²) in [5.41, 5.74) is 5.84. The van der Waals surface area contributed by atoms with Crippen LogP contribution in [0.1, 0.15) is 61.5 Å². The van der Waals surface area contributed by atoms with Gasteiger partial charge in [-0.3, -0.25) is 52.9 Å². The van der Waals surface area contributed by atoms with Gasteiger partial charge in [0.2, 0.25) is 35.5 Å². The average molecular weight is 955 g/mol. The highest BCUT2D eigenvalue weighted by Gasteiger charge is 2.34. The Balaban J connectivity index is 1.63. The second-order valence-corrected chi connectivity index (χ2v) is 14.8. The molecule has 6 atom stereocenters. The molecule has 2 heterocycles. The number of anilines is 2. The van der Waals surface area contributed by atoms with Gasteiger partial charge in [-0.25, -0.2) is 14.8 Å². The molecule has 0 spiro atoms. The van der Waals surface area contributed by atoms with Crippen LogP contribution in [-0.2, 0) is 49.7 Å². The van der Waals surface area contributed by atoms with Gasteiger partial charge in [0.1, 0.15) is 30.2 Å². The predicted molar refractivity (Wildman–Crippen MR) is 234 cm³/mol. The van der Waals surface area contributed by atoms with Crippen molar-refractivity contribution in [2.75, 3.05) is 16.8 Å². The van der Waals surface area contributed by atoms with Crippen molar-refractivity contribution in [1.29, 1.82) is 0 Å². The van der Waals surface area contributed by atoms with Gasteiger partial charge in [-0.15, -0.1) is 12.3 Å². The van der Waals surface area contributed by atoms with Crippen molar-refractivity contribution in [3.8, 4) is 12.3 Å². The fourth-order valence-electron chi connectivity index (χ4n) is 5.71. The lowest BCUT2D eigenvalue weighted by Gasteiger charge is -2.25. The number of amides is 6. The molecule has 0 radical (unpaired) electrons. The van der Waals surface area contributed by atoms with Crippen LogP contribution in [-0.4, -0.2) is 142 Å². The average Bonchev–Trinajstić information content (AvgIpc) is 3.25. The van der Waals surface area contributed by atoms with E-state index < -0.39 is 140 Å². The summed E-state index contributed by atoms with van der Waals surface area (Å²) in [6.07, 6.45) is 1.76. The third-order valence-corrected chi connectivity index (χ3v) is 9.59. The molecule has 0 bridgehead atoms. The molecule has 0 fully saturated rings. The third-order valence-electron chi connectivity index (χ3n) is 9.04. The minimum Gasteiger partial charge on any atom is -0.481 e. The molecule has 3 aromatic rings. The quantitative estimate of drug-likeness (QED) is 0.0277. The predicted octanol–water partition coefficient (Wildman–Crippen LogP) is -3.31. The van der Waals surface area contributed by atoms with Gasteiger partial charge in [0.15, 0.2) is 11.2 Å². The Labute approximate surface area is 383 Å². The second-order valence-electron chi connectivity index (χ2n) is 14.4. The van der Waals surface area contributed by atoms with Gasteiger partial charge < -0.3 is 63.4 Å². The number of aromatic amines is 1. The van der Waals surface area contributed by atoms with Crippen molar-refractivity contribution in [3.05, 3.63) is 52.1 Å². The van der Waals surface area contributed by atoms with Crippen LogP contribution in [0.3, 0.4) is 0 Å². The van der Waals surface area contributed by atoms with E-state index in [2.05, 4.69) is 75.7 Å². The fourth-order valence-corrected chi connectivity index (χ4v) is 5.81. The van der Waals surface area contributed by atoms with E-state index in [-0.39, 0.29) is 35.0 Å². The molecule has 0 saturated heterocycles. The van der Waals surface area contributed by atoms with Gasteiger partial charge in [0.25, 0.3) is 11.5 Å². The highest BCUT2D eigenvalue weighted by molar-refractivity contribution is 7.80. The number of H-pyrrole nitrogens is 1. The van der Waals surface area contributed by atoms with Crippen LogP contribution in [0.15, 0.2) is 35.3 Å². The van der Waals surface area contributed by atoms with Gasteiger partial charge in [0.05, 0.1) is 37.7 Å². The molecule has 14 N–H and O–H groups in total. The van der Waals surface area contributed by atoms with E-state index in [0.29, 0.717) is 11.4 Å². The van der Waals surface area contributed by atoms with E-state index in [1.807, 2.05) is 0 Å². The van der Waals surface area contributed by atoms with E-state index in [4.69, 9.17) is 12.2 Å². The number of carbonyl (C=O) groups excluding carboxylic acids is 6. The molecule has 1 aromatic carbocycles. The summed E-state index contributed by atoms with van der Waals surface area (Å²) < 4.78 is 0. The van der Waals surface area contributed by atoms with Gasteiger partial charge in [-0.2, -0.15) is 17.6 Å². The monoisotopic (exact) mass is 954 g/mol. The molecule has 0 saturated carbocycles. The van der Waals surface area contributed by atoms with Crippen molar-refractivity contribution < 1.29 is 68.4 Å². The molecule has 3 rings (SSSR count). The number of benzene rings is 1. The topological polar surface area (TPSA) is 433 Å². The first kappa shape index (κ1) is 53.0. The highest BCUT2D eigenvalue weighted by atomic mass is 32.1. The Kier molecular flexibility index (Phi) is 19.9. The van der Waals surface area contributed by atoms with Crippen LogP contribution >= 0.6 is 12.6 Å². The normalized spacial score (nSPS) is 13.4. The zero-order valence-electron chi connectivity index (χ0n) is 35.2. The van der Waals surface area contributed by atoms with Crippen LogP contribution < -0.4 is 48.5 Å². The van der Waals surface area contributed by atoms with Gasteiger partial charge in [-0.05, 0) is 37.6 Å². The molecular weight excluding hydrogens is 909 g/mol. The van der Waals surface area contributed by atoms with Gasteiger partial charge in [-0.1, -0.05) is 0 Å². The number of rotatable bonds is 26. The first-order valence-electron chi connectivity index (χ1n) is 19.7. The number of carbonyl (C=O) groups is 10.